The van der Waals surface area contributed by atoms with Gasteiger partial charge in [0.1, 0.15) is 5.00 Å². The topological polar surface area (TPSA) is 84.9 Å². The monoisotopic (exact) mass is 448 g/mol. The van der Waals surface area contributed by atoms with Crippen LogP contribution in [0.5, 0.6) is 0 Å². The normalized spacial score (nSPS) is 12.8. The van der Waals surface area contributed by atoms with E-state index in [1.54, 1.807) is 11.8 Å². The zero-order valence-corrected chi connectivity index (χ0v) is 18.8. The zero-order chi connectivity index (χ0) is 21.7. The summed E-state index contributed by atoms with van der Waals surface area (Å²) in [4.78, 5) is 40.4. The molecule has 2 aromatic rings. The second-order valence-electron chi connectivity index (χ2n) is 6.72. The number of aryl methyl sites for hydroxylation is 1. The quantitative estimate of drug-likeness (QED) is 0.529. The van der Waals surface area contributed by atoms with Gasteiger partial charge in [0, 0.05) is 16.3 Å². The third-order valence-electron chi connectivity index (χ3n) is 4.61. The summed E-state index contributed by atoms with van der Waals surface area (Å²) in [6.45, 7) is 4.78. The minimum Gasteiger partial charge on any atom is -0.462 e. The van der Waals surface area contributed by atoms with Crippen LogP contribution < -0.4 is 5.32 Å². The number of thioether (sulfide) groups is 1. The Morgan fingerprint density at radius 1 is 1.23 bits per heavy atom. The highest BCUT2D eigenvalue weighted by Gasteiger charge is 2.31. The van der Waals surface area contributed by atoms with Gasteiger partial charge < -0.3 is 19.7 Å². The van der Waals surface area contributed by atoms with Crippen molar-refractivity contribution in [3.63, 3.8) is 0 Å². The van der Waals surface area contributed by atoms with Crippen LogP contribution in [0.2, 0.25) is 0 Å². The van der Waals surface area contributed by atoms with Crippen molar-refractivity contribution in [2.75, 3.05) is 31.3 Å². The van der Waals surface area contributed by atoms with Gasteiger partial charge in [-0.05, 0) is 38.0 Å². The van der Waals surface area contributed by atoms with E-state index in [0.29, 0.717) is 30.1 Å². The van der Waals surface area contributed by atoms with Crippen molar-refractivity contribution in [3.8, 4) is 0 Å². The number of hydrogen-bond donors (Lipinski definition) is 1. The van der Waals surface area contributed by atoms with Crippen molar-refractivity contribution >= 4 is 46.1 Å². The van der Waals surface area contributed by atoms with Gasteiger partial charge in [0.15, 0.2) is 0 Å². The van der Waals surface area contributed by atoms with E-state index in [1.165, 1.54) is 30.2 Å². The molecule has 30 heavy (non-hydrogen) atoms. The molecule has 0 spiro atoms. The highest BCUT2D eigenvalue weighted by Crippen LogP contribution is 2.38. The molecule has 2 amide bonds. The van der Waals surface area contributed by atoms with Crippen LogP contribution in [-0.4, -0.2) is 48.9 Å². The Labute approximate surface area is 183 Å². The summed E-state index contributed by atoms with van der Waals surface area (Å²) >= 11 is 2.74. The van der Waals surface area contributed by atoms with E-state index in [2.05, 4.69) is 5.32 Å². The number of nitrogens with zero attached hydrogens (tertiary/aromatic N) is 1. The molecule has 160 valence electrons. The lowest BCUT2D eigenvalue weighted by Gasteiger charge is -2.25. The van der Waals surface area contributed by atoms with E-state index in [4.69, 9.17) is 9.47 Å². The number of hydrogen-bond acceptors (Lipinski definition) is 7. The molecule has 0 radical (unpaired) electrons. The Morgan fingerprint density at radius 3 is 2.63 bits per heavy atom. The lowest BCUT2D eigenvalue weighted by atomic mass is 10.0. The Hall–Kier alpha value is -2.52. The number of benzene rings is 1. The second-order valence-corrected chi connectivity index (χ2v) is 8.87. The molecule has 0 bridgehead atoms. The number of fused-ring (bicyclic) bond motifs is 1. The molecule has 3 rings (SSSR count). The molecular formula is C21H24N2O5S2. The molecule has 0 atom stereocenters. The zero-order valence-electron chi connectivity index (χ0n) is 17.1. The minimum atomic E-state index is -0.456. The highest BCUT2D eigenvalue weighted by atomic mass is 32.2. The number of carbonyl (C=O) groups is 3. The van der Waals surface area contributed by atoms with Gasteiger partial charge in [0.05, 0.1) is 31.6 Å². The Kier molecular flexibility index (Phi) is 7.38. The predicted octanol–water partition coefficient (Wildman–Crippen LogP) is 4.09. The van der Waals surface area contributed by atoms with Gasteiger partial charge in [-0.3, -0.25) is 4.79 Å². The lowest BCUT2D eigenvalue weighted by Crippen LogP contribution is -2.35. The summed E-state index contributed by atoms with van der Waals surface area (Å²) in [5.41, 5.74) is 2.39. The number of thiophene rings is 1. The number of methoxy groups -OCH3 is 1. The standard InChI is InChI=1S/C21H24N2O5S2/c1-4-28-20(25)18-15-9-10-23(21(26)27-3)11-16(15)30-19(18)22-17(24)12-29-14-7-5-13(2)6-8-14/h5-8H,4,9-12H2,1-3H3,(H,22,24). The molecule has 1 aromatic carbocycles. The summed E-state index contributed by atoms with van der Waals surface area (Å²) in [5, 5.41) is 3.34. The van der Waals surface area contributed by atoms with Crippen molar-refractivity contribution < 1.29 is 23.9 Å². The van der Waals surface area contributed by atoms with Gasteiger partial charge in [-0.15, -0.1) is 23.1 Å². The van der Waals surface area contributed by atoms with Crippen LogP contribution in [0.25, 0.3) is 0 Å². The predicted molar refractivity (Wildman–Crippen MR) is 117 cm³/mol. The lowest BCUT2D eigenvalue weighted by molar-refractivity contribution is -0.113. The third kappa shape index (κ3) is 5.14. The molecule has 1 N–H and O–H groups in total. The molecule has 7 nitrogen and oxygen atoms in total. The summed E-state index contributed by atoms with van der Waals surface area (Å²) < 4.78 is 10.0. The number of rotatable bonds is 6. The fourth-order valence-corrected chi connectivity index (χ4v) is 5.11. The SMILES string of the molecule is CCOC(=O)c1c(NC(=O)CSc2ccc(C)cc2)sc2c1CCN(C(=O)OC)C2. The van der Waals surface area contributed by atoms with Crippen LogP contribution >= 0.6 is 23.1 Å². The maximum Gasteiger partial charge on any atom is 0.409 e. The fraction of sp³-hybridized carbons (Fsp3) is 0.381. The van der Waals surface area contributed by atoms with Crippen molar-refractivity contribution in [2.24, 2.45) is 0 Å². The average molecular weight is 449 g/mol. The first kappa shape index (κ1) is 22.2. The number of nitrogens with one attached hydrogen (secondary N) is 1. The number of carbonyl (C=O) groups excluding carboxylic acids is 3. The molecule has 1 aromatic heterocycles. The van der Waals surface area contributed by atoms with Crippen molar-refractivity contribution in [3.05, 3.63) is 45.8 Å². The maximum atomic E-state index is 12.6. The summed E-state index contributed by atoms with van der Waals surface area (Å²) in [7, 11) is 1.34. The highest BCUT2D eigenvalue weighted by molar-refractivity contribution is 8.00. The van der Waals surface area contributed by atoms with E-state index in [-0.39, 0.29) is 18.3 Å². The minimum absolute atomic E-state index is 0.199. The van der Waals surface area contributed by atoms with Crippen molar-refractivity contribution in [1.29, 1.82) is 0 Å². The third-order valence-corrected chi connectivity index (χ3v) is 6.76. The van der Waals surface area contributed by atoms with Crippen molar-refractivity contribution in [2.45, 2.75) is 31.7 Å². The molecular weight excluding hydrogens is 424 g/mol. The largest absolute Gasteiger partial charge is 0.462 e. The molecule has 9 heteroatoms. The Balaban J connectivity index is 1.76. The van der Waals surface area contributed by atoms with Gasteiger partial charge in [-0.1, -0.05) is 17.7 Å². The van der Waals surface area contributed by atoms with Crippen LogP contribution in [0.15, 0.2) is 29.2 Å². The van der Waals surface area contributed by atoms with Crippen LogP contribution in [0.1, 0.15) is 33.3 Å². The number of anilines is 1. The molecule has 1 aliphatic heterocycles. The van der Waals surface area contributed by atoms with Crippen molar-refractivity contribution in [1.82, 2.24) is 4.90 Å². The second kappa shape index (κ2) is 9.99. The molecule has 0 fully saturated rings. The van der Waals surface area contributed by atoms with Gasteiger partial charge in [0.2, 0.25) is 5.91 Å². The van der Waals surface area contributed by atoms with Gasteiger partial charge in [0.25, 0.3) is 0 Å². The van der Waals surface area contributed by atoms with Crippen LogP contribution in [0.4, 0.5) is 9.80 Å². The van der Waals surface area contributed by atoms with Gasteiger partial charge in [-0.25, -0.2) is 9.59 Å². The van der Waals surface area contributed by atoms with E-state index < -0.39 is 12.1 Å². The smallest absolute Gasteiger partial charge is 0.409 e. The summed E-state index contributed by atoms with van der Waals surface area (Å²) in [6.07, 6.45) is 0.0927. The number of esters is 1. The first-order valence-electron chi connectivity index (χ1n) is 9.56. The number of amides is 2. The van der Waals surface area contributed by atoms with E-state index >= 15 is 0 Å². The number of ether oxygens (including phenoxy) is 2. The van der Waals surface area contributed by atoms with Crippen LogP contribution in [0, 0.1) is 6.92 Å². The molecule has 0 saturated carbocycles. The Bertz CT molecular complexity index is 940. The van der Waals surface area contributed by atoms with Gasteiger partial charge in [-0.2, -0.15) is 0 Å². The van der Waals surface area contributed by atoms with E-state index in [9.17, 15) is 14.4 Å². The van der Waals surface area contributed by atoms with Crippen LogP contribution in [-0.2, 0) is 27.2 Å². The molecule has 1 aliphatic rings. The van der Waals surface area contributed by atoms with E-state index in [0.717, 1.165) is 20.9 Å². The summed E-state index contributed by atoms with van der Waals surface area (Å²) in [5.74, 6) is -0.431. The first-order chi connectivity index (χ1) is 14.4. The average Bonchev–Trinajstić information content (AvgIpc) is 3.09. The van der Waals surface area contributed by atoms with Gasteiger partial charge >= 0.3 is 12.1 Å². The molecule has 0 unspecified atom stereocenters. The first-order valence-corrected chi connectivity index (χ1v) is 11.4. The van der Waals surface area contributed by atoms with E-state index in [1.807, 2.05) is 31.2 Å². The van der Waals surface area contributed by atoms with Crippen LogP contribution in [0.3, 0.4) is 0 Å². The Morgan fingerprint density at radius 2 is 1.97 bits per heavy atom. The molecule has 2 heterocycles. The molecule has 0 aliphatic carbocycles. The fourth-order valence-electron chi connectivity index (χ4n) is 3.14. The summed E-state index contributed by atoms with van der Waals surface area (Å²) in [6, 6.07) is 7.95. The molecule has 0 saturated heterocycles. The maximum absolute atomic E-state index is 12.6.